The highest BCUT2D eigenvalue weighted by atomic mass is 16.5. The average Bonchev–Trinajstić information content (AvgIpc) is 3.79. The second-order valence-corrected chi connectivity index (χ2v) is 15.0. The minimum Gasteiger partial charge on any atom is -0.496 e. The monoisotopic (exact) mass is 816 g/mol. The van der Waals surface area contributed by atoms with Crippen molar-refractivity contribution in [3.63, 3.8) is 0 Å². The van der Waals surface area contributed by atoms with E-state index in [-0.39, 0.29) is 70.0 Å². The zero-order chi connectivity index (χ0) is 42.4. The van der Waals surface area contributed by atoms with Crippen molar-refractivity contribution in [2.45, 2.75) is 49.9 Å². The standard InChI is InChI=1S/C46H48N4O10/c1-5-18-59-43(53)23-46-22-31(48-45(55)60-28-38-35-12-8-6-10-33(35)34-11-7-9-13-36(34)38)26-50(46)42(52)27-49(44(46)54)25-30-16-14-29(15-17-30)19-41(51)47-24-37-39(57-3)20-32(56-2)21-40(37)58-4/h5-17,20-21,31,38H,1,18-19,22-28H2,2-4H3,(H,47,51)(H,48,55)/t31-,46?/m0/s1. The zero-order valence-electron chi connectivity index (χ0n) is 33.9. The number of fused-ring (bicyclic) bond motifs is 4. The number of piperazine rings is 1. The Hall–Kier alpha value is -6.83. The van der Waals surface area contributed by atoms with E-state index in [4.69, 9.17) is 23.7 Å². The topological polar surface area (TPSA) is 162 Å². The van der Waals surface area contributed by atoms with Gasteiger partial charge in [0.2, 0.25) is 17.7 Å². The van der Waals surface area contributed by atoms with E-state index in [0.717, 1.165) is 33.4 Å². The fourth-order valence-electron chi connectivity index (χ4n) is 8.52. The normalized spacial score (nSPS) is 17.9. The van der Waals surface area contributed by atoms with E-state index in [9.17, 15) is 24.0 Å². The van der Waals surface area contributed by atoms with Gasteiger partial charge in [0.1, 0.15) is 42.5 Å². The van der Waals surface area contributed by atoms with Gasteiger partial charge in [-0.05, 0) is 33.4 Å². The lowest BCUT2D eigenvalue weighted by molar-refractivity contribution is -0.167. The van der Waals surface area contributed by atoms with Crippen LogP contribution in [0.1, 0.15) is 46.6 Å². The molecule has 3 aliphatic rings. The maximum absolute atomic E-state index is 14.5. The van der Waals surface area contributed by atoms with Crippen LogP contribution in [0.5, 0.6) is 17.2 Å². The quantitative estimate of drug-likeness (QED) is 0.117. The Morgan fingerprint density at radius 2 is 1.48 bits per heavy atom. The van der Waals surface area contributed by atoms with Crippen LogP contribution in [-0.2, 0) is 48.2 Å². The smallest absolute Gasteiger partial charge is 0.407 e. The third kappa shape index (κ3) is 8.49. The van der Waals surface area contributed by atoms with Crippen molar-refractivity contribution < 1.29 is 47.7 Å². The fourth-order valence-corrected chi connectivity index (χ4v) is 8.52. The summed E-state index contributed by atoms with van der Waals surface area (Å²) in [6.45, 7) is 3.68. The van der Waals surface area contributed by atoms with Crippen molar-refractivity contribution in [3.05, 3.63) is 125 Å². The Labute approximate surface area is 348 Å². The van der Waals surface area contributed by atoms with Crippen molar-refractivity contribution in [2.24, 2.45) is 0 Å². The van der Waals surface area contributed by atoms with Crippen molar-refractivity contribution >= 4 is 29.8 Å². The molecule has 2 N–H and O–H groups in total. The molecule has 7 rings (SSSR count). The number of hydrogen-bond donors (Lipinski definition) is 2. The number of nitrogens with zero attached hydrogens (tertiary/aromatic N) is 2. The third-order valence-corrected chi connectivity index (χ3v) is 11.3. The van der Waals surface area contributed by atoms with Crippen LogP contribution in [0, 0.1) is 0 Å². The molecule has 1 aliphatic carbocycles. The third-order valence-electron chi connectivity index (χ3n) is 11.3. The molecule has 14 nitrogen and oxygen atoms in total. The predicted molar refractivity (Wildman–Crippen MR) is 220 cm³/mol. The number of alkyl carbamates (subject to hydrolysis) is 1. The van der Waals surface area contributed by atoms with E-state index in [1.807, 2.05) is 36.4 Å². The first-order valence-electron chi connectivity index (χ1n) is 19.7. The minimum atomic E-state index is -1.58. The van der Waals surface area contributed by atoms with Crippen molar-refractivity contribution in [1.29, 1.82) is 0 Å². The second kappa shape index (κ2) is 18.0. The number of hydrogen-bond acceptors (Lipinski definition) is 10. The molecule has 2 saturated heterocycles. The number of carbonyl (C=O) groups is 5. The number of esters is 1. The molecule has 0 bridgehead atoms. The number of amides is 4. The van der Waals surface area contributed by atoms with Crippen LogP contribution in [0.4, 0.5) is 4.79 Å². The van der Waals surface area contributed by atoms with Gasteiger partial charge in [-0.2, -0.15) is 0 Å². The van der Waals surface area contributed by atoms with Gasteiger partial charge < -0.3 is 44.1 Å². The first-order chi connectivity index (χ1) is 29.1. The Balaban J connectivity index is 0.993. The molecule has 2 heterocycles. The van der Waals surface area contributed by atoms with Gasteiger partial charge in [0.15, 0.2) is 0 Å². The second-order valence-electron chi connectivity index (χ2n) is 15.0. The van der Waals surface area contributed by atoms with Crippen LogP contribution < -0.4 is 24.8 Å². The van der Waals surface area contributed by atoms with E-state index in [1.54, 1.807) is 43.5 Å². The van der Waals surface area contributed by atoms with Crippen LogP contribution in [0.15, 0.2) is 97.6 Å². The molecule has 0 spiro atoms. The molecule has 4 aromatic carbocycles. The number of carbonyl (C=O) groups excluding carboxylic acids is 5. The molecule has 14 heteroatoms. The molecule has 312 valence electrons. The van der Waals surface area contributed by atoms with Gasteiger partial charge in [0.25, 0.3) is 0 Å². The first kappa shape index (κ1) is 41.3. The SMILES string of the molecule is C=CCOC(=O)CC12C[C@H](NC(=O)OCC3c4ccccc4-c4ccccc43)CN1C(=O)CN(Cc1ccc(CC(=O)NCc3c(OC)cc(OC)cc3OC)cc1)C2=O. The molecular formula is C46H48N4O10. The van der Waals surface area contributed by atoms with Crippen LogP contribution >= 0.6 is 0 Å². The lowest BCUT2D eigenvalue weighted by Crippen LogP contribution is -2.65. The summed E-state index contributed by atoms with van der Waals surface area (Å²) in [7, 11) is 4.60. The number of ether oxygens (including phenoxy) is 5. The maximum Gasteiger partial charge on any atom is 0.407 e. The predicted octanol–water partition coefficient (Wildman–Crippen LogP) is 4.91. The largest absolute Gasteiger partial charge is 0.496 e. The van der Waals surface area contributed by atoms with E-state index in [1.165, 1.54) is 30.1 Å². The van der Waals surface area contributed by atoms with Gasteiger partial charge in [0, 0.05) is 37.6 Å². The van der Waals surface area contributed by atoms with E-state index < -0.39 is 36.0 Å². The van der Waals surface area contributed by atoms with Crippen LogP contribution in [0.3, 0.4) is 0 Å². The summed E-state index contributed by atoms with van der Waals surface area (Å²) < 4.78 is 27.4. The van der Waals surface area contributed by atoms with Gasteiger partial charge in [-0.25, -0.2) is 4.79 Å². The number of methoxy groups -OCH3 is 3. The maximum atomic E-state index is 14.5. The first-order valence-corrected chi connectivity index (χ1v) is 19.7. The van der Waals surface area contributed by atoms with E-state index in [2.05, 4.69) is 29.3 Å². The molecular weight excluding hydrogens is 769 g/mol. The fraction of sp³-hybridized carbons (Fsp3) is 0.326. The highest BCUT2D eigenvalue weighted by molar-refractivity contribution is 6.01. The molecule has 60 heavy (non-hydrogen) atoms. The van der Waals surface area contributed by atoms with Gasteiger partial charge in [-0.3, -0.25) is 19.2 Å². The molecule has 2 aliphatic heterocycles. The lowest BCUT2D eigenvalue weighted by atomic mass is 9.87. The van der Waals surface area contributed by atoms with Gasteiger partial charge in [-0.15, -0.1) is 0 Å². The molecule has 0 aromatic heterocycles. The summed E-state index contributed by atoms with van der Waals surface area (Å²) in [5, 5.41) is 5.77. The summed E-state index contributed by atoms with van der Waals surface area (Å²) in [4.78, 5) is 70.5. The number of nitrogens with one attached hydrogen (secondary N) is 2. The zero-order valence-corrected chi connectivity index (χ0v) is 33.9. The Morgan fingerprint density at radius 3 is 2.10 bits per heavy atom. The summed E-state index contributed by atoms with van der Waals surface area (Å²) >= 11 is 0. The average molecular weight is 817 g/mol. The van der Waals surface area contributed by atoms with Crippen molar-refractivity contribution in [3.8, 4) is 28.4 Å². The summed E-state index contributed by atoms with van der Waals surface area (Å²) in [5.74, 6) is -0.248. The summed E-state index contributed by atoms with van der Waals surface area (Å²) in [6, 6.07) is 26.0. The number of benzene rings is 4. The van der Waals surface area contributed by atoms with E-state index >= 15 is 0 Å². The number of rotatable bonds is 16. The van der Waals surface area contributed by atoms with Crippen molar-refractivity contribution in [2.75, 3.05) is 47.6 Å². The van der Waals surface area contributed by atoms with Gasteiger partial charge in [-0.1, -0.05) is 85.5 Å². The van der Waals surface area contributed by atoms with Gasteiger partial charge >= 0.3 is 12.1 Å². The molecule has 0 radical (unpaired) electrons. The minimum absolute atomic E-state index is 0.0101. The molecule has 2 atom stereocenters. The summed E-state index contributed by atoms with van der Waals surface area (Å²) in [6.07, 6.45) is 0.422. The summed E-state index contributed by atoms with van der Waals surface area (Å²) in [5.41, 5.74) is 4.88. The van der Waals surface area contributed by atoms with Gasteiger partial charge in [0.05, 0.1) is 52.3 Å². The molecule has 2 fully saturated rings. The van der Waals surface area contributed by atoms with E-state index in [0.29, 0.717) is 22.8 Å². The molecule has 1 unspecified atom stereocenters. The van der Waals surface area contributed by atoms with Crippen LogP contribution in [0.25, 0.3) is 11.1 Å². The highest BCUT2D eigenvalue weighted by Gasteiger charge is 2.59. The Morgan fingerprint density at radius 1 is 0.850 bits per heavy atom. The Kier molecular flexibility index (Phi) is 12.4. The molecule has 4 amide bonds. The lowest BCUT2D eigenvalue weighted by Gasteiger charge is -2.44. The van der Waals surface area contributed by atoms with Crippen LogP contribution in [0.2, 0.25) is 0 Å². The van der Waals surface area contributed by atoms with Crippen LogP contribution in [-0.4, -0.2) is 98.8 Å². The molecule has 0 saturated carbocycles. The highest BCUT2D eigenvalue weighted by Crippen LogP contribution is 2.45. The van der Waals surface area contributed by atoms with Crippen molar-refractivity contribution in [1.82, 2.24) is 20.4 Å². The Bertz CT molecular complexity index is 2220. The molecule has 4 aromatic rings.